The van der Waals surface area contributed by atoms with Crippen LogP contribution in [0.4, 0.5) is 5.69 Å². The highest BCUT2D eigenvalue weighted by atomic mass is 16.2. The van der Waals surface area contributed by atoms with E-state index in [1.165, 1.54) is 0 Å². The lowest BCUT2D eigenvalue weighted by Crippen LogP contribution is -2.19. The van der Waals surface area contributed by atoms with Crippen LogP contribution >= 0.6 is 0 Å². The van der Waals surface area contributed by atoms with E-state index in [2.05, 4.69) is 15.8 Å². The molecule has 0 heterocycles. The van der Waals surface area contributed by atoms with Gasteiger partial charge in [0.05, 0.1) is 5.71 Å². The summed E-state index contributed by atoms with van der Waals surface area (Å²) >= 11 is 0. The largest absolute Gasteiger partial charge is 0.326 e. The van der Waals surface area contributed by atoms with Crippen molar-refractivity contribution in [2.24, 2.45) is 5.10 Å². The van der Waals surface area contributed by atoms with Crippen molar-refractivity contribution in [3.63, 3.8) is 0 Å². The number of amides is 2. The number of hydrogen-bond donors (Lipinski definition) is 2. The maximum absolute atomic E-state index is 12.1. The molecule has 0 bridgehead atoms. The van der Waals surface area contributed by atoms with Crippen molar-refractivity contribution in [1.82, 2.24) is 5.43 Å². The van der Waals surface area contributed by atoms with Crippen molar-refractivity contribution in [2.75, 3.05) is 5.32 Å². The minimum absolute atomic E-state index is 0.0645. The summed E-state index contributed by atoms with van der Waals surface area (Å²) < 4.78 is 0. The number of carbonyl (C=O) groups excluding carboxylic acids is 2. The second kappa shape index (κ2) is 7.89. The Kier molecular flexibility index (Phi) is 5.63. The van der Waals surface area contributed by atoms with Gasteiger partial charge < -0.3 is 5.32 Å². The first kappa shape index (κ1) is 16.4. The fourth-order valence-corrected chi connectivity index (χ4v) is 1.90. The second-order valence-corrected chi connectivity index (χ2v) is 4.98. The van der Waals surface area contributed by atoms with Crippen molar-refractivity contribution in [1.29, 1.82) is 0 Å². The first-order chi connectivity index (χ1) is 11.1. The van der Waals surface area contributed by atoms with Crippen molar-refractivity contribution < 1.29 is 9.59 Å². The molecule has 0 aromatic heterocycles. The third-order valence-corrected chi connectivity index (χ3v) is 3.27. The Bertz CT molecular complexity index is 707. The standard InChI is InChI=1S/C18H19N3O2/c1-3-17(22)19-16-11-9-15(10-12-16)18(23)21-20-13(2)14-7-5-4-6-8-14/h4-12H,3H2,1-2H3,(H,19,22)(H,21,23)/b20-13+. The second-order valence-electron chi connectivity index (χ2n) is 4.98. The molecule has 0 saturated heterocycles. The first-order valence-electron chi connectivity index (χ1n) is 7.40. The van der Waals surface area contributed by atoms with Crippen LogP contribution in [0.25, 0.3) is 0 Å². The number of carbonyl (C=O) groups is 2. The molecule has 2 amide bonds. The number of anilines is 1. The van der Waals surface area contributed by atoms with Crippen LogP contribution in [-0.2, 0) is 4.79 Å². The predicted octanol–water partition coefficient (Wildman–Crippen LogP) is 3.19. The molecular weight excluding hydrogens is 290 g/mol. The van der Waals surface area contributed by atoms with Gasteiger partial charge in [-0.05, 0) is 36.8 Å². The predicted molar refractivity (Wildman–Crippen MR) is 91.5 cm³/mol. The fourth-order valence-electron chi connectivity index (χ4n) is 1.90. The summed E-state index contributed by atoms with van der Waals surface area (Å²) in [5.74, 6) is -0.362. The van der Waals surface area contributed by atoms with Crippen LogP contribution in [0.3, 0.4) is 0 Å². The third-order valence-electron chi connectivity index (χ3n) is 3.27. The minimum Gasteiger partial charge on any atom is -0.326 e. The molecule has 5 nitrogen and oxygen atoms in total. The van der Waals surface area contributed by atoms with Gasteiger partial charge in [0.1, 0.15) is 0 Å². The third kappa shape index (κ3) is 4.78. The molecule has 0 unspecified atom stereocenters. The lowest BCUT2D eigenvalue weighted by atomic mass is 10.1. The van der Waals surface area contributed by atoms with Gasteiger partial charge in [-0.25, -0.2) is 5.43 Å². The number of nitrogens with one attached hydrogen (secondary N) is 2. The molecule has 118 valence electrons. The van der Waals surface area contributed by atoms with E-state index in [1.54, 1.807) is 31.2 Å². The van der Waals surface area contributed by atoms with Gasteiger partial charge >= 0.3 is 0 Å². The Hall–Kier alpha value is -2.95. The van der Waals surface area contributed by atoms with Crippen LogP contribution in [0.1, 0.15) is 36.2 Å². The van der Waals surface area contributed by atoms with E-state index in [0.717, 1.165) is 11.3 Å². The Labute approximate surface area is 135 Å². The van der Waals surface area contributed by atoms with E-state index in [1.807, 2.05) is 37.3 Å². The van der Waals surface area contributed by atoms with Crippen LogP contribution in [0.5, 0.6) is 0 Å². The summed E-state index contributed by atoms with van der Waals surface area (Å²) in [5.41, 5.74) is 5.35. The van der Waals surface area contributed by atoms with E-state index in [-0.39, 0.29) is 11.8 Å². The Morgan fingerprint density at radius 1 is 0.957 bits per heavy atom. The highest BCUT2D eigenvalue weighted by Gasteiger charge is 2.06. The molecule has 5 heteroatoms. The van der Waals surface area contributed by atoms with Gasteiger partial charge in [0, 0.05) is 17.7 Å². The van der Waals surface area contributed by atoms with Gasteiger partial charge in [-0.2, -0.15) is 5.10 Å². The lowest BCUT2D eigenvalue weighted by molar-refractivity contribution is -0.115. The average molecular weight is 309 g/mol. The molecule has 0 aliphatic carbocycles. The maximum Gasteiger partial charge on any atom is 0.271 e. The molecule has 2 N–H and O–H groups in total. The van der Waals surface area contributed by atoms with E-state index >= 15 is 0 Å². The van der Waals surface area contributed by atoms with Crippen LogP contribution in [0.2, 0.25) is 0 Å². The molecule has 0 atom stereocenters. The normalized spacial score (nSPS) is 11.0. The topological polar surface area (TPSA) is 70.6 Å². The van der Waals surface area contributed by atoms with Gasteiger partial charge in [-0.3, -0.25) is 9.59 Å². The van der Waals surface area contributed by atoms with Crippen LogP contribution in [0.15, 0.2) is 59.7 Å². The van der Waals surface area contributed by atoms with E-state index in [9.17, 15) is 9.59 Å². The summed E-state index contributed by atoms with van der Waals surface area (Å²) in [6, 6.07) is 16.3. The average Bonchev–Trinajstić information content (AvgIpc) is 2.60. The number of rotatable bonds is 5. The van der Waals surface area contributed by atoms with Gasteiger partial charge in [0.2, 0.25) is 5.91 Å². The van der Waals surface area contributed by atoms with Crippen molar-refractivity contribution in [2.45, 2.75) is 20.3 Å². The summed E-state index contributed by atoms with van der Waals surface area (Å²) in [6.07, 6.45) is 0.412. The quantitative estimate of drug-likeness (QED) is 0.658. The SMILES string of the molecule is CCC(=O)Nc1ccc(C(=O)N/N=C(\C)c2ccccc2)cc1. The molecule has 0 aliphatic rings. The molecule has 2 rings (SSSR count). The molecule has 23 heavy (non-hydrogen) atoms. The summed E-state index contributed by atoms with van der Waals surface area (Å²) in [5, 5.41) is 6.83. The zero-order valence-corrected chi connectivity index (χ0v) is 13.2. The molecular formula is C18H19N3O2. The van der Waals surface area contributed by atoms with Crippen molar-refractivity contribution >= 4 is 23.2 Å². The summed E-state index contributed by atoms with van der Waals surface area (Å²) in [4.78, 5) is 23.4. The monoisotopic (exact) mass is 309 g/mol. The fraction of sp³-hybridized carbons (Fsp3) is 0.167. The van der Waals surface area contributed by atoms with E-state index < -0.39 is 0 Å². The smallest absolute Gasteiger partial charge is 0.271 e. The number of nitrogens with zero attached hydrogens (tertiary/aromatic N) is 1. The van der Waals surface area contributed by atoms with Crippen molar-refractivity contribution in [3.05, 3.63) is 65.7 Å². The Balaban J connectivity index is 1.99. The van der Waals surface area contributed by atoms with Gasteiger partial charge in [-0.15, -0.1) is 0 Å². The Morgan fingerprint density at radius 2 is 1.61 bits per heavy atom. The van der Waals surface area contributed by atoms with Gasteiger partial charge in [-0.1, -0.05) is 37.3 Å². The number of hydrazone groups is 1. The van der Waals surface area contributed by atoms with Crippen LogP contribution in [0, 0.1) is 0 Å². The van der Waals surface area contributed by atoms with E-state index in [0.29, 0.717) is 17.7 Å². The molecule has 2 aromatic rings. The summed E-state index contributed by atoms with van der Waals surface area (Å²) in [6.45, 7) is 3.61. The molecule has 2 aromatic carbocycles. The molecule has 0 spiro atoms. The van der Waals surface area contributed by atoms with Crippen LogP contribution < -0.4 is 10.7 Å². The maximum atomic E-state index is 12.1. The minimum atomic E-state index is -0.298. The number of hydrogen-bond acceptors (Lipinski definition) is 3. The Morgan fingerprint density at radius 3 is 2.22 bits per heavy atom. The highest BCUT2D eigenvalue weighted by Crippen LogP contribution is 2.10. The zero-order valence-electron chi connectivity index (χ0n) is 13.2. The lowest BCUT2D eigenvalue weighted by Gasteiger charge is -2.05. The molecule has 0 fully saturated rings. The highest BCUT2D eigenvalue weighted by molar-refractivity contribution is 6.01. The zero-order chi connectivity index (χ0) is 16.7. The number of benzene rings is 2. The van der Waals surface area contributed by atoms with Crippen molar-refractivity contribution in [3.8, 4) is 0 Å². The molecule has 0 saturated carbocycles. The van der Waals surface area contributed by atoms with Gasteiger partial charge in [0.15, 0.2) is 0 Å². The van der Waals surface area contributed by atoms with E-state index in [4.69, 9.17) is 0 Å². The van der Waals surface area contributed by atoms with Gasteiger partial charge in [0.25, 0.3) is 5.91 Å². The first-order valence-corrected chi connectivity index (χ1v) is 7.40. The van der Waals surface area contributed by atoms with Crippen LogP contribution in [-0.4, -0.2) is 17.5 Å². The molecule has 0 radical (unpaired) electrons. The molecule has 0 aliphatic heterocycles. The summed E-state index contributed by atoms with van der Waals surface area (Å²) in [7, 11) is 0.